The lowest BCUT2D eigenvalue weighted by Crippen LogP contribution is -2.42. The minimum atomic E-state index is -0.776. The van der Waals surface area contributed by atoms with Crippen molar-refractivity contribution in [1.29, 1.82) is 0 Å². The van der Waals surface area contributed by atoms with E-state index < -0.39 is 22.7 Å². The van der Waals surface area contributed by atoms with E-state index in [1.54, 1.807) is 0 Å². The van der Waals surface area contributed by atoms with E-state index in [0.29, 0.717) is 17.5 Å². The zero-order valence-corrected chi connectivity index (χ0v) is 11.0. The van der Waals surface area contributed by atoms with Crippen LogP contribution in [-0.4, -0.2) is 4.57 Å². The molecule has 1 aliphatic heterocycles. The van der Waals surface area contributed by atoms with E-state index in [2.05, 4.69) is 0 Å². The molecule has 0 amide bonds. The molecular weight excluding hydrogens is 249 g/mol. The molecule has 0 aliphatic carbocycles. The summed E-state index contributed by atoms with van der Waals surface area (Å²) in [6.45, 7) is 5.80. The zero-order chi connectivity index (χ0) is 13.9. The van der Waals surface area contributed by atoms with Crippen molar-refractivity contribution in [2.75, 3.05) is 0 Å². The first kappa shape index (κ1) is 12.1. The molecule has 19 heavy (non-hydrogen) atoms. The molecule has 2 heterocycles. The number of benzene rings is 1. The number of aromatic nitrogens is 1. The van der Waals surface area contributed by atoms with Crippen molar-refractivity contribution in [2.45, 2.75) is 38.6 Å². The van der Waals surface area contributed by atoms with Crippen molar-refractivity contribution < 1.29 is 8.81 Å². The van der Waals surface area contributed by atoms with Crippen LogP contribution in [0.15, 0.2) is 26.1 Å². The Morgan fingerprint density at radius 3 is 2.74 bits per heavy atom. The van der Waals surface area contributed by atoms with Crippen LogP contribution in [0.25, 0.3) is 10.9 Å². The van der Waals surface area contributed by atoms with Gasteiger partial charge in [0, 0.05) is 5.54 Å². The molecule has 1 aromatic heterocycles. The minimum absolute atomic E-state index is 0.0781. The summed E-state index contributed by atoms with van der Waals surface area (Å²) in [7, 11) is 0. The Bertz CT molecular complexity index is 801. The number of nitrogens with zero attached hydrogens (tertiary/aromatic N) is 1. The largest absolute Gasteiger partial charge is 0.422 e. The molecule has 0 spiro atoms. The Labute approximate surface area is 108 Å². The topological polar surface area (TPSA) is 52.2 Å². The summed E-state index contributed by atoms with van der Waals surface area (Å²) in [6, 6.07) is 2.53. The number of rotatable bonds is 0. The molecule has 0 fully saturated rings. The van der Waals surface area contributed by atoms with E-state index in [-0.39, 0.29) is 11.3 Å². The first-order chi connectivity index (χ1) is 8.81. The average Bonchev–Trinajstić information content (AvgIpc) is 2.27. The summed E-state index contributed by atoms with van der Waals surface area (Å²) < 4.78 is 19.8. The Balaban J connectivity index is 2.65. The lowest BCUT2D eigenvalue weighted by Gasteiger charge is -2.36. The van der Waals surface area contributed by atoms with Gasteiger partial charge in [0.05, 0.1) is 10.9 Å². The maximum Gasteiger partial charge on any atom is 0.422 e. The highest BCUT2D eigenvalue weighted by Gasteiger charge is 2.34. The molecule has 1 aliphatic rings. The van der Waals surface area contributed by atoms with Gasteiger partial charge >= 0.3 is 11.4 Å². The minimum Gasteiger partial charge on any atom is -0.372 e. The number of halogens is 1. The smallest absolute Gasteiger partial charge is 0.372 e. The van der Waals surface area contributed by atoms with E-state index in [1.165, 1.54) is 10.6 Å². The fraction of sp³-hybridized carbons (Fsp3) is 0.429. The van der Waals surface area contributed by atoms with Gasteiger partial charge in [-0.15, -0.1) is 0 Å². The van der Waals surface area contributed by atoms with Crippen molar-refractivity contribution in [2.24, 2.45) is 0 Å². The lowest BCUT2D eigenvalue weighted by atomic mass is 9.82. The summed E-state index contributed by atoms with van der Waals surface area (Å²) in [6.07, 6.45) is 0.687. The van der Waals surface area contributed by atoms with Crippen molar-refractivity contribution in [3.63, 3.8) is 0 Å². The molecule has 4 nitrogen and oxygen atoms in total. The van der Waals surface area contributed by atoms with Crippen molar-refractivity contribution >= 4 is 10.9 Å². The highest BCUT2D eigenvalue weighted by atomic mass is 19.1. The van der Waals surface area contributed by atoms with Gasteiger partial charge < -0.3 is 4.42 Å². The molecule has 2 aromatic rings. The van der Waals surface area contributed by atoms with Gasteiger partial charge in [-0.1, -0.05) is 6.92 Å². The van der Waals surface area contributed by atoms with E-state index in [9.17, 15) is 14.0 Å². The molecule has 0 saturated carbocycles. The molecule has 3 rings (SSSR count). The summed E-state index contributed by atoms with van der Waals surface area (Å²) in [4.78, 5) is 23.7. The Morgan fingerprint density at radius 2 is 2.05 bits per heavy atom. The summed E-state index contributed by atoms with van der Waals surface area (Å²) >= 11 is 0. The van der Waals surface area contributed by atoms with Gasteiger partial charge in [-0.25, -0.2) is 14.0 Å². The third kappa shape index (κ3) is 1.57. The molecule has 100 valence electrons. The highest BCUT2D eigenvalue weighted by Crippen LogP contribution is 2.39. The average molecular weight is 263 g/mol. The van der Waals surface area contributed by atoms with Gasteiger partial charge in [0.15, 0.2) is 0 Å². The molecule has 0 N–H and O–H groups in total. The van der Waals surface area contributed by atoms with E-state index in [1.807, 2.05) is 20.8 Å². The molecular formula is C14H14FNO3. The number of hydrogen-bond donors (Lipinski definition) is 0. The van der Waals surface area contributed by atoms with Crippen LogP contribution in [0.1, 0.15) is 38.7 Å². The lowest BCUT2D eigenvalue weighted by molar-refractivity contribution is 0.255. The van der Waals surface area contributed by atoms with Gasteiger partial charge in [-0.2, -0.15) is 0 Å². The normalized spacial score (nSPS) is 20.7. The molecule has 1 aromatic carbocycles. The Kier molecular flexibility index (Phi) is 2.27. The fourth-order valence-corrected chi connectivity index (χ4v) is 3.17. The molecule has 0 radical (unpaired) electrons. The van der Waals surface area contributed by atoms with Gasteiger partial charge in [0.1, 0.15) is 5.82 Å². The van der Waals surface area contributed by atoms with Crippen molar-refractivity contribution in [3.8, 4) is 0 Å². The molecule has 5 heteroatoms. The first-order valence-electron chi connectivity index (χ1n) is 6.21. The Morgan fingerprint density at radius 1 is 1.37 bits per heavy atom. The summed E-state index contributed by atoms with van der Waals surface area (Å²) in [5.74, 6) is -1.08. The SMILES string of the molecule is CC1CC(C)(C)n2c(=O)oc(=O)c3cc(F)cc1c32. The molecule has 0 saturated heterocycles. The van der Waals surface area contributed by atoms with Crippen LogP contribution in [0.4, 0.5) is 4.39 Å². The fourth-order valence-electron chi connectivity index (χ4n) is 3.17. The van der Waals surface area contributed by atoms with Gasteiger partial charge in [-0.3, -0.25) is 4.57 Å². The van der Waals surface area contributed by atoms with E-state index >= 15 is 0 Å². The third-order valence-corrected chi connectivity index (χ3v) is 3.85. The maximum atomic E-state index is 13.6. The Hall–Kier alpha value is -1.91. The van der Waals surface area contributed by atoms with Crippen LogP contribution in [0.5, 0.6) is 0 Å². The monoisotopic (exact) mass is 263 g/mol. The van der Waals surface area contributed by atoms with Gasteiger partial charge in [0.2, 0.25) is 0 Å². The second-order valence-corrected chi connectivity index (χ2v) is 5.80. The number of hydrogen-bond acceptors (Lipinski definition) is 3. The first-order valence-corrected chi connectivity index (χ1v) is 6.21. The van der Waals surface area contributed by atoms with Crippen LogP contribution in [0, 0.1) is 5.82 Å². The predicted molar refractivity (Wildman–Crippen MR) is 69.1 cm³/mol. The van der Waals surface area contributed by atoms with Crippen LogP contribution in [-0.2, 0) is 5.54 Å². The third-order valence-electron chi connectivity index (χ3n) is 3.85. The second-order valence-electron chi connectivity index (χ2n) is 5.80. The maximum absolute atomic E-state index is 13.6. The van der Waals surface area contributed by atoms with E-state index in [0.717, 1.165) is 6.07 Å². The van der Waals surface area contributed by atoms with Gasteiger partial charge in [-0.05, 0) is 43.9 Å². The quantitative estimate of drug-likeness (QED) is 0.733. The van der Waals surface area contributed by atoms with Crippen molar-refractivity contribution in [1.82, 2.24) is 4.57 Å². The van der Waals surface area contributed by atoms with Crippen LogP contribution in [0.2, 0.25) is 0 Å². The van der Waals surface area contributed by atoms with Crippen LogP contribution in [0.3, 0.4) is 0 Å². The highest BCUT2D eigenvalue weighted by molar-refractivity contribution is 5.82. The van der Waals surface area contributed by atoms with Crippen LogP contribution >= 0.6 is 0 Å². The molecule has 1 atom stereocenters. The molecule has 0 bridgehead atoms. The van der Waals surface area contributed by atoms with Crippen LogP contribution < -0.4 is 11.4 Å². The van der Waals surface area contributed by atoms with Crippen molar-refractivity contribution in [3.05, 3.63) is 44.5 Å². The zero-order valence-electron chi connectivity index (χ0n) is 11.0. The predicted octanol–water partition coefficient (Wildman–Crippen LogP) is 2.34. The van der Waals surface area contributed by atoms with Gasteiger partial charge in [0.25, 0.3) is 0 Å². The summed E-state index contributed by atoms with van der Waals surface area (Å²) in [5, 5.41) is 0.134. The molecule has 1 unspecified atom stereocenters. The second kappa shape index (κ2) is 3.56. The van der Waals surface area contributed by atoms with E-state index in [4.69, 9.17) is 4.42 Å². The standard InChI is InChI=1S/C14H14FNO3/c1-7-6-14(2,3)16-11-9(7)4-8(15)5-10(11)12(17)19-13(16)18/h4-5,7H,6H2,1-3H3. The summed E-state index contributed by atoms with van der Waals surface area (Å²) in [5.41, 5.74) is -0.0378.